The van der Waals surface area contributed by atoms with Gasteiger partial charge >= 0.3 is 0 Å². The van der Waals surface area contributed by atoms with E-state index in [0.717, 1.165) is 37.0 Å². The Hall–Kier alpha value is -0.670. The molecule has 1 aromatic carbocycles. The van der Waals surface area contributed by atoms with Crippen LogP contribution in [0, 0.1) is 0 Å². The summed E-state index contributed by atoms with van der Waals surface area (Å²) in [5, 5.41) is 4.45. The first-order valence-corrected chi connectivity index (χ1v) is 8.03. The average molecular weight is 263 g/mol. The first-order valence-electron chi connectivity index (χ1n) is 6.99. The van der Waals surface area contributed by atoms with Crippen LogP contribution in [0.4, 0.5) is 0 Å². The highest BCUT2D eigenvalue weighted by Gasteiger charge is 2.15. The van der Waals surface area contributed by atoms with Crippen LogP contribution < -0.4 is 10.1 Å². The SMILES string of the molecule is c1cc2c(cc1CCNCC1CCCS1)CCO2. The first kappa shape index (κ1) is 12.4. The lowest BCUT2D eigenvalue weighted by atomic mass is 10.1. The predicted octanol–water partition coefficient (Wildman–Crippen LogP) is 2.65. The number of fused-ring (bicyclic) bond motifs is 1. The van der Waals surface area contributed by atoms with Crippen molar-refractivity contribution in [2.45, 2.75) is 30.9 Å². The van der Waals surface area contributed by atoms with Crippen LogP contribution in [-0.2, 0) is 12.8 Å². The number of hydrogen-bond donors (Lipinski definition) is 1. The normalized spacial score (nSPS) is 21.9. The quantitative estimate of drug-likeness (QED) is 0.825. The molecule has 2 aliphatic heterocycles. The highest BCUT2D eigenvalue weighted by atomic mass is 32.2. The molecule has 1 N–H and O–H groups in total. The summed E-state index contributed by atoms with van der Waals surface area (Å²) in [6, 6.07) is 6.65. The molecule has 1 unspecified atom stereocenters. The molecule has 3 rings (SSSR count). The average Bonchev–Trinajstić information content (AvgIpc) is 3.05. The van der Waals surface area contributed by atoms with Gasteiger partial charge in [0, 0.05) is 18.2 Å². The van der Waals surface area contributed by atoms with Gasteiger partial charge in [0.2, 0.25) is 0 Å². The Morgan fingerprint density at radius 1 is 1.39 bits per heavy atom. The van der Waals surface area contributed by atoms with E-state index >= 15 is 0 Å². The molecule has 2 aliphatic rings. The van der Waals surface area contributed by atoms with Gasteiger partial charge in [-0.15, -0.1) is 0 Å². The second kappa shape index (κ2) is 5.98. The third-order valence-corrected chi connectivity index (χ3v) is 5.14. The minimum absolute atomic E-state index is 0.857. The lowest BCUT2D eigenvalue weighted by Gasteiger charge is -2.10. The summed E-state index contributed by atoms with van der Waals surface area (Å²) in [6.45, 7) is 3.13. The Morgan fingerprint density at radius 2 is 2.39 bits per heavy atom. The molecule has 1 fully saturated rings. The molecule has 0 aliphatic carbocycles. The van der Waals surface area contributed by atoms with E-state index in [1.165, 1.54) is 36.3 Å². The van der Waals surface area contributed by atoms with Crippen LogP contribution in [0.15, 0.2) is 18.2 Å². The highest BCUT2D eigenvalue weighted by Crippen LogP contribution is 2.26. The second-order valence-electron chi connectivity index (χ2n) is 5.13. The van der Waals surface area contributed by atoms with Crippen LogP contribution in [0.2, 0.25) is 0 Å². The van der Waals surface area contributed by atoms with E-state index in [-0.39, 0.29) is 0 Å². The molecule has 98 valence electrons. The number of rotatable bonds is 5. The van der Waals surface area contributed by atoms with Gasteiger partial charge in [0.15, 0.2) is 0 Å². The molecule has 1 aromatic rings. The number of hydrogen-bond acceptors (Lipinski definition) is 3. The highest BCUT2D eigenvalue weighted by molar-refractivity contribution is 8.00. The van der Waals surface area contributed by atoms with Crippen molar-refractivity contribution < 1.29 is 4.74 Å². The van der Waals surface area contributed by atoms with Gasteiger partial charge < -0.3 is 10.1 Å². The maximum Gasteiger partial charge on any atom is 0.122 e. The van der Waals surface area contributed by atoms with Gasteiger partial charge in [-0.25, -0.2) is 0 Å². The van der Waals surface area contributed by atoms with E-state index in [9.17, 15) is 0 Å². The molecular weight excluding hydrogens is 242 g/mol. The lowest BCUT2D eigenvalue weighted by molar-refractivity contribution is 0.357. The van der Waals surface area contributed by atoms with E-state index in [1.807, 2.05) is 0 Å². The molecule has 0 aromatic heterocycles. The monoisotopic (exact) mass is 263 g/mol. The van der Waals surface area contributed by atoms with Crippen LogP contribution in [0.1, 0.15) is 24.0 Å². The molecule has 0 saturated carbocycles. The van der Waals surface area contributed by atoms with Gasteiger partial charge in [-0.1, -0.05) is 12.1 Å². The third-order valence-electron chi connectivity index (χ3n) is 3.74. The standard InChI is InChI=1S/C15H21NOS/c1-2-14(18-9-1)11-16-7-5-12-3-4-15-13(10-12)6-8-17-15/h3-4,10,14,16H,1-2,5-9,11H2. The zero-order chi connectivity index (χ0) is 12.2. The van der Waals surface area contributed by atoms with Crippen molar-refractivity contribution in [3.8, 4) is 5.75 Å². The minimum atomic E-state index is 0.857. The molecule has 18 heavy (non-hydrogen) atoms. The van der Waals surface area contributed by atoms with Gasteiger partial charge in [-0.2, -0.15) is 11.8 Å². The van der Waals surface area contributed by atoms with E-state index in [4.69, 9.17) is 4.74 Å². The molecule has 0 spiro atoms. The van der Waals surface area contributed by atoms with Gasteiger partial charge in [-0.05, 0) is 48.8 Å². The Kier molecular flexibility index (Phi) is 4.11. The van der Waals surface area contributed by atoms with Crippen molar-refractivity contribution in [3.05, 3.63) is 29.3 Å². The molecule has 2 heterocycles. The van der Waals surface area contributed by atoms with Crippen molar-refractivity contribution in [1.82, 2.24) is 5.32 Å². The molecular formula is C15H21NOS. The summed E-state index contributed by atoms with van der Waals surface area (Å²) < 4.78 is 5.53. The maximum absolute atomic E-state index is 5.53. The van der Waals surface area contributed by atoms with Gasteiger partial charge in [0.05, 0.1) is 6.61 Å². The Bertz CT molecular complexity index is 401. The smallest absolute Gasteiger partial charge is 0.122 e. The fourth-order valence-electron chi connectivity index (χ4n) is 2.70. The van der Waals surface area contributed by atoms with Crippen molar-refractivity contribution >= 4 is 11.8 Å². The Balaban J connectivity index is 1.42. The molecule has 2 nitrogen and oxygen atoms in total. The van der Waals surface area contributed by atoms with Crippen LogP contribution in [0.5, 0.6) is 5.75 Å². The fourth-order valence-corrected chi connectivity index (χ4v) is 3.93. The topological polar surface area (TPSA) is 21.3 Å². The third kappa shape index (κ3) is 3.01. The number of benzene rings is 1. The summed E-state index contributed by atoms with van der Waals surface area (Å²) >= 11 is 2.13. The van der Waals surface area contributed by atoms with E-state index in [0.29, 0.717) is 0 Å². The Labute approximate surface area is 113 Å². The molecule has 0 bridgehead atoms. The fraction of sp³-hybridized carbons (Fsp3) is 0.600. The summed E-state index contributed by atoms with van der Waals surface area (Å²) in [6.07, 6.45) is 5.01. The molecule has 1 atom stereocenters. The molecule has 0 amide bonds. The van der Waals surface area contributed by atoms with Gasteiger partial charge in [0.1, 0.15) is 5.75 Å². The van der Waals surface area contributed by atoms with Crippen molar-refractivity contribution in [3.63, 3.8) is 0 Å². The largest absolute Gasteiger partial charge is 0.493 e. The Morgan fingerprint density at radius 3 is 3.28 bits per heavy atom. The van der Waals surface area contributed by atoms with Crippen molar-refractivity contribution in [1.29, 1.82) is 0 Å². The van der Waals surface area contributed by atoms with Crippen LogP contribution in [0.25, 0.3) is 0 Å². The van der Waals surface area contributed by atoms with Crippen molar-refractivity contribution in [2.75, 3.05) is 25.4 Å². The van der Waals surface area contributed by atoms with Crippen LogP contribution in [0.3, 0.4) is 0 Å². The first-order chi connectivity index (χ1) is 8.92. The van der Waals surface area contributed by atoms with Gasteiger partial charge in [0.25, 0.3) is 0 Å². The molecule has 0 radical (unpaired) electrons. The second-order valence-corrected chi connectivity index (χ2v) is 6.54. The number of nitrogens with one attached hydrogen (secondary N) is 1. The number of thioether (sulfide) groups is 1. The van der Waals surface area contributed by atoms with E-state index in [2.05, 4.69) is 35.3 Å². The van der Waals surface area contributed by atoms with Crippen LogP contribution in [-0.4, -0.2) is 30.7 Å². The molecule has 1 saturated heterocycles. The van der Waals surface area contributed by atoms with Crippen LogP contribution >= 0.6 is 11.8 Å². The van der Waals surface area contributed by atoms with E-state index < -0.39 is 0 Å². The summed E-state index contributed by atoms with van der Waals surface area (Å²) in [4.78, 5) is 0. The zero-order valence-corrected chi connectivity index (χ0v) is 11.6. The predicted molar refractivity (Wildman–Crippen MR) is 77.7 cm³/mol. The summed E-state index contributed by atoms with van der Waals surface area (Å²) in [5.41, 5.74) is 2.82. The maximum atomic E-state index is 5.53. The zero-order valence-electron chi connectivity index (χ0n) is 10.8. The summed E-state index contributed by atoms with van der Waals surface area (Å²) in [5.74, 6) is 2.45. The lowest BCUT2D eigenvalue weighted by Crippen LogP contribution is -2.25. The van der Waals surface area contributed by atoms with Gasteiger partial charge in [-0.3, -0.25) is 0 Å². The summed E-state index contributed by atoms with van der Waals surface area (Å²) in [7, 11) is 0. The minimum Gasteiger partial charge on any atom is -0.493 e. The number of ether oxygens (including phenoxy) is 1. The van der Waals surface area contributed by atoms with Crippen molar-refractivity contribution in [2.24, 2.45) is 0 Å². The molecule has 3 heteroatoms. The van der Waals surface area contributed by atoms with E-state index in [1.54, 1.807) is 0 Å².